The third-order valence-corrected chi connectivity index (χ3v) is 6.53. The number of amides is 2. The Balaban J connectivity index is 1.49. The fourth-order valence-corrected chi connectivity index (χ4v) is 5.00. The number of ether oxygens (including phenoxy) is 1. The minimum Gasteiger partial charge on any atom is -0.483 e. The van der Waals surface area contributed by atoms with Crippen LogP contribution < -0.4 is 20.9 Å². The van der Waals surface area contributed by atoms with Crippen LogP contribution in [-0.4, -0.2) is 23.5 Å². The molecule has 6 nitrogen and oxygen atoms in total. The summed E-state index contributed by atoms with van der Waals surface area (Å²) in [6.07, 6.45) is 0. The van der Waals surface area contributed by atoms with Crippen LogP contribution in [-0.2, 0) is 4.79 Å². The van der Waals surface area contributed by atoms with Gasteiger partial charge in [0.1, 0.15) is 10.6 Å². The second kappa shape index (κ2) is 9.86. The molecule has 0 bridgehead atoms. The van der Waals surface area contributed by atoms with Gasteiger partial charge in [-0.25, -0.2) is 0 Å². The zero-order chi connectivity index (χ0) is 21.0. The summed E-state index contributed by atoms with van der Waals surface area (Å²) in [5.41, 5.74) is 4.90. The Bertz CT molecular complexity index is 1110. The van der Waals surface area contributed by atoms with E-state index in [0.29, 0.717) is 20.1 Å². The molecule has 0 aliphatic rings. The first-order chi connectivity index (χ1) is 13.8. The van der Waals surface area contributed by atoms with Crippen molar-refractivity contribution in [3.8, 4) is 5.75 Å². The van der Waals surface area contributed by atoms with Crippen LogP contribution in [0.3, 0.4) is 0 Å². The van der Waals surface area contributed by atoms with E-state index in [-0.39, 0.29) is 11.7 Å². The molecule has 0 spiro atoms. The van der Waals surface area contributed by atoms with Crippen molar-refractivity contribution in [3.63, 3.8) is 0 Å². The number of thiophene rings is 1. The lowest BCUT2D eigenvalue weighted by molar-refractivity contribution is -0.121. The summed E-state index contributed by atoms with van der Waals surface area (Å²) in [5, 5.41) is 3.52. The number of halogens is 3. The molecule has 0 radical (unpaired) electrons. The number of hydrogen-bond acceptors (Lipinski definition) is 5. The van der Waals surface area contributed by atoms with E-state index in [9.17, 15) is 9.59 Å². The molecule has 3 aromatic rings. The number of thiocarbonyl (C=S) groups is 1. The second-order valence-corrected chi connectivity index (χ2v) is 9.17. The summed E-state index contributed by atoms with van der Waals surface area (Å²) in [5.74, 6) is -0.427. The van der Waals surface area contributed by atoms with Crippen LogP contribution in [0.1, 0.15) is 9.67 Å². The highest BCUT2D eigenvalue weighted by atomic mass is 79.9. The normalized spacial score (nSPS) is 10.4. The second-order valence-electron chi connectivity index (χ2n) is 5.56. The van der Waals surface area contributed by atoms with Crippen molar-refractivity contribution >= 4 is 94.0 Å². The number of nitrogens with one attached hydrogen (secondary N) is 3. The SMILES string of the molecule is O=C(COc1ccc(Br)cc1Br)NC(=S)NNC(=O)c1sc2ccccc2c1Cl. The summed E-state index contributed by atoms with van der Waals surface area (Å²) >= 11 is 19.2. The first kappa shape index (κ1) is 22.0. The van der Waals surface area contributed by atoms with Crippen molar-refractivity contribution in [1.82, 2.24) is 16.2 Å². The third kappa shape index (κ3) is 5.67. The number of carbonyl (C=O) groups is 2. The molecule has 1 heterocycles. The molecule has 0 saturated carbocycles. The van der Waals surface area contributed by atoms with Crippen LogP contribution in [0.2, 0.25) is 5.02 Å². The Labute approximate surface area is 197 Å². The minimum atomic E-state index is -0.480. The molecule has 150 valence electrons. The van der Waals surface area contributed by atoms with Gasteiger partial charge in [-0.1, -0.05) is 45.7 Å². The molecule has 1 aromatic heterocycles. The number of benzene rings is 2. The summed E-state index contributed by atoms with van der Waals surface area (Å²) in [6.45, 7) is -0.252. The first-order valence-electron chi connectivity index (χ1n) is 8.00. The maximum absolute atomic E-state index is 12.3. The van der Waals surface area contributed by atoms with Crippen LogP contribution in [0, 0.1) is 0 Å². The molecule has 3 rings (SSSR count). The van der Waals surface area contributed by atoms with Gasteiger partial charge in [-0.15, -0.1) is 11.3 Å². The highest BCUT2D eigenvalue weighted by molar-refractivity contribution is 9.11. The molecular formula is C18H12Br2ClN3O3S2. The van der Waals surface area contributed by atoms with Gasteiger partial charge in [0.2, 0.25) is 0 Å². The van der Waals surface area contributed by atoms with Crippen LogP contribution in [0.5, 0.6) is 5.75 Å². The Morgan fingerprint density at radius 2 is 1.90 bits per heavy atom. The smallest absolute Gasteiger partial charge is 0.281 e. The highest BCUT2D eigenvalue weighted by Gasteiger charge is 2.17. The van der Waals surface area contributed by atoms with Gasteiger partial charge in [0.25, 0.3) is 11.8 Å². The number of carbonyl (C=O) groups excluding carboxylic acids is 2. The molecule has 2 amide bonds. The van der Waals surface area contributed by atoms with E-state index in [1.54, 1.807) is 18.2 Å². The van der Waals surface area contributed by atoms with Gasteiger partial charge in [-0.05, 0) is 52.4 Å². The van der Waals surface area contributed by atoms with Crippen LogP contribution in [0.15, 0.2) is 51.4 Å². The van der Waals surface area contributed by atoms with Crippen molar-refractivity contribution in [3.05, 3.63) is 61.3 Å². The lowest BCUT2D eigenvalue weighted by atomic mass is 10.2. The fraction of sp³-hybridized carbons (Fsp3) is 0.0556. The van der Waals surface area contributed by atoms with E-state index >= 15 is 0 Å². The van der Waals surface area contributed by atoms with E-state index in [4.69, 9.17) is 28.6 Å². The Morgan fingerprint density at radius 3 is 2.62 bits per heavy atom. The van der Waals surface area contributed by atoms with E-state index < -0.39 is 11.8 Å². The summed E-state index contributed by atoms with van der Waals surface area (Å²) < 4.78 is 7.90. The summed E-state index contributed by atoms with van der Waals surface area (Å²) in [6, 6.07) is 12.7. The van der Waals surface area contributed by atoms with Crippen molar-refractivity contribution in [1.29, 1.82) is 0 Å². The molecule has 11 heteroatoms. The lowest BCUT2D eigenvalue weighted by Gasteiger charge is -2.11. The molecule has 0 fully saturated rings. The standard InChI is InChI=1S/C18H12Br2ClN3O3S2/c19-9-5-6-12(11(20)7-9)27-8-14(25)22-18(28)24-23-17(26)16-15(21)10-3-1-2-4-13(10)29-16/h1-7H,8H2,(H,23,26)(H2,22,24,25,28). The molecule has 0 aliphatic carbocycles. The molecule has 0 aliphatic heterocycles. The summed E-state index contributed by atoms with van der Waals surface area (Å²) in [7, 11) is 0. The maximum atomic E-state index is 12.3. The molecule has 0 saturated heterocycles. The Kier molecular flexibility index (Phi) is 7.47. The Morgan fingerprint density at radius 1 is 1.14 bits per heavy atom. The van der Waals surface area contributed by atoms with Gasteiger partial charge in [-0.2, -0.15) is 0 Å². The largest absolute Gasteiger partial charge is 0.483 e. The minimum absolute atomic E-state index is 0.0703. The molecule has 0 unspecified atom stereocenters. The molecule has 3 N–H and O–H groups in total. The van der Waals surface area contributed by atoms with Gasteiger partial charge in [-0.3, -0.25) is 25.8 Å². The van der Waals surface area contributed by atoms with Gasteiger partial charge < -0.3 is 4.74 Å². The maximum Gasteiger partial charge on any atom is 0.281 e. The zero-order valence-corrected chi connectivity index (χ0v) is 20.0. The predicted octanol–water partition coefficient (Wildman–Crippen LogP) is 4.79. The van der Waals surface area contributed by atoms with Crippen molar-refractivity contribution in [2.45, 2.75) is 0 Å². The van der Waals surface area contributed by atoms with Crippen LogP contribution >= 0.6 is 67.0 Å². The highest BCUT2D eigenvalue weighted by Crippen LogP contribution is 2.34. The number of hydrogen-bond donors (Lipinski definition) is 3. The average molecular weight is 578 g/mol. The topological polar surface area (TPSA) is 79.5 Å². The predicted molar refractivity (Wildman–Crippen MR) is 126 cm³/mol. The van der Waals surface area contributed by atoms with E-state index in [1.807, 2.05) is 24.3 Å². The fourth-order valence-electron chi connectivity index (χ4n) is 2.26. The quantitative estimate of drug-likeness (QED) is 0.307. The lowest BCUT2D eigenvalue weighted by Crippen LogP contribution is -2.49. The van der Waals surface area contributed by atoms with E-state index in [1.165, 1.54) is 11.3 Å². The molecule has 29 heavy (non-hydrogen) atoms. The van der Waals surface area contributed by atoms with Gasteiger partial charge in [0, 0.05) is 14.6 Å². The van der Waals surface area contributed by atoms with Crippen molar-refractivity contribution < 1.29 is 14.3 Å². The van der Waals surface area contributed by atoms with Crippen molar-refractivity contribution in [2.75, 3.05) is 6.61 Å². The van der Waals surface area contributed by atoms with Crippen molar-refractivity contribution in [2.24, 2.45) is 0 Å². The summed E-state index contributed by atoms with van der Waals surface area (Å²) in [4.78, 5) is 24.7. The number of hydrazine groups is 1. The van der Waals surface area contributed by atoms with Gasteiger partial charge in [0.05, 0.1) is 9.50 Å². The monoisotopic (exact) mass is 575 g/mol. The average Bonchev–Trinajstić information content (AvgIpc) is 3.02. The van der Waals surface area contributed by atoms with E-state index in [2.05, 4.69) is 48.0 Å². The molecule has 2 aromatic carbocycles. The number of fused-ring (bicyclic) bond motifs is 1. The zero-order valence-electron chi connectivity index (χ0n) is 14.4. The van der Waals surface area contributed by atoms with Gasteiger partial charge >= 0.3 is 0 Å². The Hall–Kier alpha value is -1.72. The number of rotatable bonds is 4. The van der Waals surface area contributed by atoms with Crippen LogP contribution in [0.25, 0.3) is 10.1 Å². The van der Waals surface area contributed by atoms with Crippen LogP contribution in [0.4, 0.5) is 0 Å². The van der Waals surface area contributed by atoms with Gasteiger partial charge in [0.15, 0.2) is 11.7 Å². The molecular weight excluding hydrogens is 566 g/mol. The molecule has 0 atom stereocenters. The first-order valence-corrected chi connectivity index (χ1v) is 11.2. The van der Waals surface area contributed by atoms with E-state index in [0.717, 1.165) is 14.6 Å². The third-order valence-electron chi connectivity index (χ3n) is 3.54.